The molecule has 1 aromatic heterocycles. The molecule has 1 aliphatic rings. The number of urea groups is 1. The molecule has 0 radical (unpaired) electrons. The van der Waals surface area contributed by atoms with Gasteiger partial charge in [0.15, 0.2) is 0 Å². The van der Waals surface area contributed by atoms with Crippen LogP contribution in [0.2, 0.25) is 0 Å². The Morgan fingerprint density at radius 3 is 2.32 bits per heavy atom. The zero-order valence-corrected chi connectivity index (χ0v) is 16.3. The van der Waals surface area contributed by atoms with Gasteiger partial charge in [0.2, 0.25) is 11.9 Å². The van der Waals surface area contributed by atoms with Gasteiger partial charge >= 0.3 is 6.03 Å². The van der Waals surface area contributed by atoms with Crippen LogP contribution >= 0.6 is 0 Å². The highest BCUT2D eigenvalue weighted by molar-refractivity contribution is 5.96. The first kappa shape index (κ1) is 19.6. The van der Waals surface area contributed by atoms with Gasteiger partial charge in [-0.2, -0.15) is 0 Å². The summed E-state index contributed by atoms with van der Waals surface area (Å²) in [5, 5.41) is 5.60. The average Bonchev–Trinajstić information content (AvgIpc) is 2.75. The minimum Gasteiger partial charge on any atom is -0.337 e. The molecule has 8 heteroatoms. The van der Waals surface area contributed by atoms with Crippen LogP contribution < -0.4 is 15.5 Å². The molecule has 1 aromatic carbocycles. The number of carbonyl (C=O) groups excluding carboxylic acids is 2. The number of rotatable bonds is 5. The second kappa shape index (κ2) is 9.16. The van der Waals surface area contributed by atoms with Crippen molar-refractivity contribution in [2.45, 2.75) is 26.3 Å². The highest BCUT2D eigenvalue weighted by Crippen LogP contribution is 2.11. The maximum absolute atomic E-state index is 12.5. The molecule has 1 atom stereocenters. The number of carbonyl (C=O) groups is 2. The van der Waals surface area contributed by atoms with Crippen LogP contribution in [0.3, 0.4) is 0 Å². The molecule has 0 bridgehead atoms. The lowest BCUT2D eigenvalue weighted by Crippen LogP contribution is -2.55. The fourth-order valence-corrected chi connectivity index (χ4v) is 2.98. The summed E-state index contributed by atoms with van der Waals surface area (Å²) in [4.78, 5) is 37.1. The summed E-state index contributed by atoms with van der Waals surface area (Å²) < 4.78 is 0. The molecule has 0 aliphatic carbocycles. The Labute approximate surface area is 165 Å². The molecule has 2 N–H and O–H groups in total. The summed E-state index contributed by atoms with van der Waals surface area (Å²) in [6, 6.07) is 8.61. The molecule has 0 saturated carbocycles. The van der Waals surface area contributed by atoms with Crippen molar-refractivity contribution in [1.29, 1.82) is 0 Å². The molecule has 1 saturated heterocycles. The van der Waals surface area contributed by atoms with Crippen LogP contribution in [-0.2, 0) is 11.2 Å². The molecule has 8 nitrogen and oxygen atoms in total. The largest absolute Gasteiger partial charge is 0.337 e. The van der Waals surface area contributed by atoms with Gasteiger partial charge in [0.25, 0.3) is 0 Å². The molecular formula is C20H26N6O2. The summed E-state index contributed by atoms with van der Waals surface area (Å²) in [6.07, 6.45) is 4.36. The van der Waals surface area contributed by atoms with E-state index < -0.39 is 6.04 Å². The lowest BCUT2D eigenvalue weighted by atomic mass is 10.1. The van der Waals surface area contributed by atoms with Gasteiger partial charge in [0.05, 0.1) is 0 Å². The molecule has 1 unspecified atom stereocenters. The highest BCUT2D eigenvalue weighted by Gasteiger charge is 2.24. The Morgan fingerprint density at radius 2 is 1.71 bits per heavy atom. The highest BCUT2D eigenvalue weighted by atomic mass is 16.2. The van der Waals surface area contributed by atoms with Gasteiger partial charge in [-0.25, -0.2) is 14.8 Å². The molecule has 148 valence electrons. The minimum absolute atomic E-state index is 0.238. The molecule has 0 spiro atoms. The van der Waals surface area contributed by atoms with Crippen molar-refractivity contribution in [1.82, 2.24) is 20.2 Å². The van der Waals surface area contributed by atoms with E-state index in [1.54, 1.807) is 30.3 Å². The van der Waals surface area contributed by atoms with Gasteiger partial charge < -0.3 is 20.4 Å². The van der Waals surface area contributed by atoms with Crippen molar-refractivity contribution >= 4 is 23.6 Å². The molecular weight excluding hydrogens is 356 g/mol. The van der Waals surface area contributed by atoms with E-state index in [0.717, 1.165) is 12.1 Å². The molecule has 1 fully saturated rings. The zero-order valence-electron chi connectivity index (χ0n) is 16.3. The van der Waals surface area contributed by atoms with Gasteiger partial charge in [-0.05, 0) is 37.1 Å². The lowest BCUT2D eigenvalue weighted by molar-refractivity contribution is -0.117. The van der Waals surface area contributed by atoms with E-state index in [9.17, 15) is 9.59 Å². The summed E-state index contributed by atoms with van der Waals surface area (Å²) in [5.74, 6) is 0.429. The Kier molecular flexibility index (Phi) is 6.41. The predicted octanol–water partition coefficient (Wildman–Crippen LogP) is 1.90. The smallest absolute Gasteiger partial charge is 0.318 e. The van der Waals surface area contributed by atoms with Gasteiger partial charge in [0.1, 0.15) is 6.04 Å². The quantitative estimate of drug-likeness (QED) is 0.824. The molecule has 1 aliphatic heterocycles. The van der Waals surface area contributed by atoms with Crippen LogP contribution in [0.25, 0.3) is 0 Å². The summed E-state index contributed by atoms with van der Waals surface area (Å²) in [5.41, 5.74) is 1.93. The fraction of sp³-hybridized carbons (Fsp3) is 0.400. The molecule has 3 amide bonds. The Hall–Kier alpha value is -3.16. The number of piperazine rings is 1. The van der Waals surface area contributed by atoms with E-state index >= 15 is 0 Å². The second-order valence-electron chi connectivity index (χ2n) is 6.73. The van der Waals surface area contributed by atoms with Crippen molar-refractivity contribution in [2.75, 3.05) is 36.4 Å². The Morgan fingerprint density at radius 1 is 1.07 bits per heavy atom. The minimum atomic E-state index is -0.631. The van der Waals surface area contributed by atoms with Crippen molar-refractivity contribution < 1.29 is 9.59 Å². The predicted molar refractivity (Wildman–Crippen MR) is 108 cm³/mol. The normalized spacial score (nSPS) is 15.1. The van der Waals surface area contributed by atoms with Crippen LogP contribution in [0, 0.1) is 0 Å². The van der Waals surface area contributed by atoms with Crippen LogP contribution in [-0.4, -0.2) is 59.0 Å². The van der Waals surface area contributed by atoms with E-state index in [-0.39, 0.29) is 11.9 Å². The van der Waals surface area contributed by atoms with Crippen LogP contribution in [0.4, 0.5) is 16.4 Å². The van der Waals surface area contributed by atoms with E-state index in [1.807, 2.05) is 29.2 Å². The Bertz CT molecular complexity index is 788. The fourth-order valence-electron chi connectivity index (χ4n) is 2.98. The standard InChI is InChI=1S/C20H26N6O2/c1-3-16-5-7-17(8-6-16)24-18(27)15(2)23-20(28)26-13-11-25(12-14-26)19-21-9-4-10-22-19/h4-10,15H,3,11-14H2,1-2H3,(H,23,28)(H,24,27). The second-order valence-corrected chi connectivity index (χ2v) is 6.73. The monoisotopic (exact) mass is 382 g/mol. The summed E-state index contributed by atoms with van der Waals surface area (Å²) in [6.45, 7) is 6.18. The maximum Gasteiger partial charge on any atom is 0.318 e. The molecule has 28 heavy (non-hydrogen) atoms. The van der Waals surface area contributed by atoms with Crippen molar-refractivity contribution in [3.63, 3.8) is 0 Å². The topological polar surface area (TPSA) is 90.5 Å². The van der Waals surface area contributed by atoms with E-state index in [0.29, 0.717) is 32.1 Å². The molecule has 3 rings (SSSR count). The number of benzene rings is 1. The number of aryl methyl sites for hydroxylation is 1. The first-order valence-corrected chi connectivity index (χ1v) is 9.54. The first-order valence-electron chi connectivity index (χ1n) is 9.54. The van der Waals surface area contributed by atoms with Gasteiger partial charge in [-0.15, -0.1) is 0 Å². The van der Waals surface area contributed by atoms with E-state index in [1.165, 1.54) is 5.56 Å². The van der Waals surface area contributed by atoms with Crippen molar-refractivity contribution in [2.24, 2.45) is 0 Å². The zero-order chi connectivity index (χ0) is 19.9. The third-order valence-electron chi connectivity index (χ3n) is 4.76. The van der Waals surface area contributed by atoms with Crippen molar-refractivity contribution in [3.05, 3.63) is 48.3 Å². The number of nitrogens with zero attached hydrogens (tertiary/aromatic N) is 4. The third-order valence-corrected chi connectivity index (χ3v) is 4.76. The van der Waals surface area contributed by atoms with E-state index in [2.05, 4.69) is 27.5 Å². The molecule has 2 heterocycles. The number of hydrogen-bond donors (Lipinski definition) is 2. The Balaban J connectivity index is 1.46. The maximum atomic E-state index is 12.5. The number of hydrogen-bond acceptors (Lipinski definition) is 5. The lowest BCUT2D eigenvalue weighted by Gasteiger charge is -2.35. The molecule has 2 aromatic rings. The number of nitrogens with one attached hydrogen (secondary N) is 2. The number of amides is 3. The first-order chi connectivity index (χ1) is 13.6. The van der Waals surface area contributed by atoms with Crippen LogP contribution in [0.1, 0.15) is 19.4 Å². The van der Waals surface area contributed by atoms with Gasteiger partial charge in [0, 0.05) is 44.3 Å². The van der Waals surface area contributed by atoms with E-state index in [4.69, 9.17) is 0 Å². The van der Waals surface area contributed by atoms with Crippen molar-refractivity contribution in [3.8, 4) is 0 Å². The summed E-state index contributed by atoms with van der Waals surface area (Å²) in [7, 11) is 0. The van der Waals surface area contributed by atoms with Gasteiger partial charge in [-0.3, -0.25) is 4.79 Å². The number of anilines is 2. The average molecular weight is 382 g/mol. The third kappa shape index (κ3) is 4.97. The van der Waals surface area contributed by atoms with Gasteiger partial charge in [-0.1, -0.05) is 19.1 Å². The van der Waals surface area contributed by atoms with Crippen LogP contribution in [0.5, 0.6) is 0 Å². The van der Waals surface area contributed by atoms with Crippen LogP contribution in [0.15, 0.2) is 42.7 Å². The SMILES string of the molecule is CCc1ccc(NC(=O)C(C)NC(=O)N2CCN(c3ncccn3)CC2)cc1. The number of aromatic nitrogens is 2. The summed E-state index contributed by atoms with van der Waals surface area (Å²) >= 11 is 0.